The summed E-state index contributed by atoms with van der Waals surface area (Å²) in [6, 6.07) is 18.2. The zero-order valence-electron chi connectivity index (χ0n) is 20.9. The summed E-state index contributed by atoms with van der Waals surface area (Å²) in [6.45, 7) is 9.67. The van der Waals surface area contributed by atoms with Crippen molar-refractivity contribution >= 4 is 11.3 Å². The molecule has 186 valence electrons. The van der Waals surface area contributed by atoms with Crippen molar-refractivity contribution in [3.05, 3.63) is 66.7 Å². The molecule has 5 nitrogen and oxygen atoms in total. The molecular formula is C30H37NO4. The van der Waals surface area contributed by atoms with E-state index >= 15 is 0 Å². The van der Waals surface area contributed by atoms with E-state index in [1.54, 1.807) is 0 Å². The first-order valence-electron chi connectivity index (χ1n) is 13.2. The van der Waals surface area contributed by atoms with Crippen molar-refractivity contribution in [3.63, 3.8) is 0 Å². The van der Waals surface area contributed by atoms with Crippen LogP contribution in [0.25, 0.3) is 5.57 Å². The van der Waals surface area contributed by atoms with Crippen LogP contribution in [-0.4, -0.2) is 30.6 Å². The summed E-state index contributed by atoms with van der Waals surface area (Å²) >= 11 is 0. The van der Waals surface area contributed by atoms with Gasteiger partial charge < -0.3 is 14.8 Å². The van der Waals surface area contributed by atoms with Gasteiger partial charge in [-0.15, -0.1) is 0 Å². The predicted octanol–water partition coefficient (Wildman–Crippen LogP) is 6.47. The second kappa shape index (κ2) is 8.95. The van der Waals surface area contributed by atoms with Crippen LogP contribution < -0.4 is 10.1 Å². The van der Waals surface area contributed by atoms with Crippen LogP contribution in [0.2, 0.25) is 0 Å². The molecule has 1 saturated heterocycles. The Morgan fingerprint density at radius 1 is 0.971 bits per heavy atom. The molecule has 5 fully saturated rings. The summed E-state index contributed by atoms with van der Waals surface area (Å²) in [5.74, 6) is 2.98. The number of ether oxygens (including phenoxy) is 2. The van der Waals surface area contributed by atoms with Gasteiger partial charge in [0.05, 0.1) is 13.2 Å². The summed E-state index contributed by atoms with van der Waals surface area (Å²) < 4.78 is 12.8. The van der Waals surface area contributed by atoms with E-state index in [0.29, 0.717) is 25.0 Å². The van der Waals surface area contributed by atoms with Crippen LogP contribution in [-0.2, 0) is 14.5 Å². The Labute approximate surface area is 208 Å². The molecule has 5 heteroatoms. The summed E-state index contributed by atoms with van der Waals surface area (Å²) in [4.78, 5) is 12.1. The average Bonchev–Trinajstić information content (AvgIpc) is 2.87. The van der Waals surface area contributed by atoms with Gasteiger partial charge in [0.2, 0.25) is 5.79 Å². The third-order valence-electron chi connectivity index (χ3n) is 8.53. The van der Waals surface area contributed by atoms with E-state index in [2.05, 4.69) is 37.9 Å². The Balaban J connectivity index is 1.04. The van der Waals surface area contributed by atoms with E-state index in [1.807, 2.05) is 42.5 Å². The minimum absolute atomic E-state index is 0.295. The fourth-order valence-corrected chi connectivity index (χ4v) is 6.91. The Hall–Kier alpha value is -2.34. The third kappa shape index (κ3) is 4.50. The Bertz CT molecular complexity index is 1010. The van der Waals surface area contributed by atoms with E-state index in [0.717, 1.165) is 34.4 Å². The maximum atomic E-state index is 6.51. The molecule has 2 aromatic rings. The number of nitrogens with one attached hydrogen (secondary N) is 1. The molecule has 5 aliphatic rings. The molecule has 0 radical (unpaired) electrons. The highest BCUT2D eigenvalue weighted by Gasteiger charge is 2.61. The Morgan fingerprint density at radius 2 is 1.63 bits per heavy atom. The maximum absolute atomic E-state index is 6.51. The lowest BCUT2D eigenvalue weighted by Crippen LogP contribution is -2.63. The van der Waals surface area contributed by atoms with E-state index in [-0.39, 0.29) is 11.7 Å². The summed E-state index contributed by atoms with van der Waals surface area (Å²) in [7, 11) is 0. The highest BCUT2D eigenvalue weighted by Crippen LogP contribution is 2.60. The van der Waals surface area contributed by atoms with Gasteiger partial charge in [0.1, 0.15) is 17.5 Å². The van der Waals surface area contributed by atoms with Crippen LogP contribution in [0.3, 0.4) is 0 Å². The van der Waals surface area contributed by atoms with Crippen LogP contribution in [0.15, 0.2) is 61.2 Å². The largest absolute Gasteiger partial charge is 0.486 e. The lowest BCUT2D eigenvalue weighted by atomic mass is 9.53. The molecule has 4 saturated carbocycles. The van der Waals surface area contributed by atoms with E-state index in [4.69, 9.17) is 19.2 Å². The van der Waals surface area contributed by atoms with Crippen molar-refractivity contribution in [1.29, 1.82) is 0 Å². The summed E-state index contributed by atoms with van der Waals surface area (Å²) in [6.07, 6.45) is 6.00. The fourth-order valence-electron chi connectivity index (χ4n) is 6.91. The van der Waals surface area contributed by atoms with Crippen molar-refractivity contribution < 1.29 is 19.2 Å². The van der Waals surface area contributed by atoms with Gasteiger partial charge in [0.15, 0.2) is 0 Å². The highest BCUT2D eigenvalue weighted by atomic mass is 17.2. The average molecular weight is 476 g/mol. The third-order valence-corrected chi connectivity index (χ3v) is 8.53. The normalized spacial score (nSPS) is 33.6. The van der Waals surface area contributed by atoms with Gasteiger partial charge in [-0.05, 0) is 93.2 Å². The number of rotatable bonds is 7. The molecule has 7 rings (SSSR count). The second-order valence-electron chi connectivity index (χ2n) is 11.6. The van der Waals surface area contributed by atoms with Gasteiger partial charge in [-0.1, -0.05) is 36.9 Å². The van der Waals surface area contributed by atoms with Crippen LogP contribution in [0.5, 0.6) is 5.75 Å². The van der Waals surface area contributed by atoms with E-state index < -0.39 is 5.79 Å². The SMILES string of the molecule is C=C(c1ccc(OC(C)(C)CNc2ccccc2)cc1)C1COC2(OO1)C1CC3CC(C1)CC2C3. The minimum Gasteiger partial charge on any atom is -0.486 e. The molecule has 4 aliphatic carbocycles. The van der Waals surface area contributed by atoms with Crippen LogP contribution in [0.1, 0.15) is 51.5 Å². The van der Waals surface area contributed by atoms with Crippen molar-refractivity contribution in [2.75, 3.05) is 18.5 Å². The molecule has 1 atom stereocenters. The summed E-state index contributed by atoms with van der Waals surface area (Å²) in [5.41, 5.74) is 2.61. The van der Waals surface area contributed by atoms with E-state index in [1.165, 1.54) is 32.1 Å². The molecule has 1 aliphatic heterocycles. The van der Waals surface area contributed by atoms with Crippen molar-refractivity contribution in [2.24, 2.45) is 23.7 Å². The number of para-hydroxylation sites is 1. The minimum atomic E-state index is -0.527. The first kappa shape index (κ1) is 23.1. The van der Waals surface area contributed by atoms with Crippen LogP contribution in [0.4, 0.5) is 5.69 Å². The highest BCUT2D eigenvalue weighted by molar-refractivity contribution is 5.67. The van der Waals surface area contributed by atoms with Crippen LogP contribution >= 0.6 is 0 Å². The first-order chi connectivity index (χ1) is 16.9. The predicted molar refractivity (Wildman–Crippen MR) is 137 cm³/mol. The maximum Gasteiger partial charge on any atom is 0.207 e. The molecule has 1 unspecified atom stereocenters. The smallest absolute Gasteiger partial charge is 0.207 e. The second-order valence-corrected chi connectivity index (χ2v) is 11.6. The van der Waals surface area contributed by atoms with Gasteiger partial charge in [-0.2, -0.15) is 4.89 Å². The molecule has 1 heterocycles. The number of anilines is 1. The zero-order chi connectivity index (χ0) is 24.0. The van der Waals surface area contributed by atoms with Gasteiger partial charge >= 0.3 is 0 Å². The van der Waals surface area contributed by atoms with Gasteiger partial charge in [-0.3, -0.25) is 0 Å². The molecule has 1 spiro atoms. The molecule has 1 N–H and O–H groups in total. The van der Waals surface area contributed by atoms with Crippen molar-refractivity contribution in [3.8, 4) is 5.75 Å². The molecule has 0 amide bonds. The Morgan fingerprint density at radius 3 is 2.23 bits per heavy atom. The topological polar surface area (TPSA) is 49.0 Å². The molecular weight excluding hydrogens is 438 g/mol. The van der Waals surface area contributed by atoms with Gasteiger partial charge in [0, 0.05) is 17.5 Å². The lowest BCUT2D eigenvalue weighted by Gasteiger charge is -2.60. The number of hydrogen-bond donors (Lipinski definition) is 1. The molecule has 2 aromatic carbocycles. The van der Waals surface area contributed by atoms with Gasteiger partial charge in [0.25, 0.3) is 0 Å². The standard InChI is InChI=1S/C30H37NO4/c1-20(28-18-32-30(35-34-28)24-14-21-13-22(16-24)17-25(30)15-21)23-9-11-27(12-10-23)33-29(2,3)19-31-26-7-5-4-6-8-26/h4-12,21-22,24-25,28,31H,1,13-19H2,2-3H3. The number of benzene rings is 2. The van der Waals surface area contributed by atoms with Crippen molar-refractivity contribution in [2.45, 2.75) is 63.4 Å². The van der Waals surface area contributed by atoms with Gasteiger partial charge in [-0.25, -0.2) is 4.89 Å². The fraction of sp³-hybridized carbons (Fsp3) is 0.533. The first-order valence-corrected chi connectivity index (χ1v) is 13.2. The Kier molecular flexibility index (Phi) is 5.90. The summed E-state index contributed by atoms with van der Waals surface area (Å²) in [5, 5.41) is 3.44. The zero-order valence-corrected chi connectivity index (χ0v) is 20.9. The number of hydrogen-bond acceptors (Lipinski definition) is 5. The quantitative estimate of drug-likeness (QED) is 0.465. The molecule has 35 heavy (non-hydrogen) atoms. The van der Waals surface area contributed by atoms with Crippen molar-refractivity contribution in [1.82, 2.24) is 0 Å². The van der Waals surface area contributed by atoms with E-state index in [9.17, 15) is 0 Å². The monoisotopic (exact) mass is 475 g/mol. The lowest BCUT2D eigenvalue weighted by molar-refractivity contribution is -0.517. The molecule has 4 bridgehead atoms. The molecule has 0 aromatic heterocycles. The van der Waals surface area contributed by atoms with Crippen LogP contribution in [0, 0.1) is 23.7 Å².